The molecule has 8 heteroatoms. The highest BCUT2D eigenvalue weighted by Gasteiger charge is 2.25. The number of hydrogen-bond donors (Lipinski definition) is 2. The third kappa shape index (κ3) is 6.67. The fourth-order valence-corrected chi connectivity index (χ4v) is 4.01. The van der Waals surface area contributed by atoms with Crippen molar-refractivity contribution in [1.29, 1.82) is 0 Å². The van der Waals surface area contributed by atoms with Gasteiger partial charge in [-0.2, -0.15) is 0 Å². The van der Waals surface area contributed by atoms with Crippen LogP contribution in [0.3, 0.4) is 0 Å². The molecule has 1 saturated heterocycles. The van der Waals surface area contributed by atoms with Crippen molar-refractivity contribution >= 4 is 30.2 Å². The second-order valence-corrected chi connectivity index (χ2v) is 8.12. The molecule has 0 radical (unpaired) electrons. The average Bonchev–Trinajstić information content (AvgIpc) is 2.83. The van der Waals surface area contributed by atoms with Gasteiger partial charge in [-0.3, -0.25) is 19.2 Å². The van der Waals surface area contributed by atoms with Gasteiger partial charge in [0.05, 0.1) is 11.6 Å². The first-order chi connectivity index (χ1) is 15.4. The monoisotopic (exact) mass is 442 g/mol. The molecule has 1 aromatic carbocycles. The quantitative estimate of drug-likeness (QED) is 0.382. The second-order valence-electron chi connectivity index (χ2n) is 8.12. The van der Waals surface area contributed by atoms with E-state index in [4.69, 9.17) is 0 Å². The van der Waals surface area contributed by atoms with Gasteiger partial charge in [-0.15, -0.1) is 6.58 Å². The third-order valence-electron chi connectivity index (χ3n) is 6.14. The predicted octanol–water partition coefficient (Wildman–Crippen LogP) is 2.32. The molecule has 1 aliphatic heterocycles. The van der Waals surface area contributed by atoms with Crippen molar-refractivity contribution in [2.75, 3.05) is 39.0 Å². The van der Waals surface area contributed by atoms with Gasteiger partial charge in [0.2, 0.25) is 12.3 Å². The number of hydrogen-bond acceptors (Lipinski definition) is 5. The summed E-state index contributed by atoms with van der Waals surface area (Å²) in [6.07, 6.45) is 6.80. The van der Waals surface area contributed by atoms with Gasteiger partial charge in [-0.25, -0.2) is 0 Å². The van der Waals surface area contributed by atoms with Crippen molar-refractivity contribution in [1.82, 2.24) is 15.1 Å². The summed E-state index contributed by atoms with van der Waals surface area (Å²) in [4.78, 5) is 50.8. The molecule has 0 aliphatic carbocycles. The molecule has 2 N–H and O–H groups in total. The summed E-state index contributed by atoms with van der Waals surface area (Å²) >= 11 is 0. The van der Waals surface area contributed by atoms with E-state index in [1.165, 1.54) is 4.90 Å². The Hall–Kier alpha value is -3.16. The summed E-state index contributed by atoms with van der Waals surface area (Å²) in [5.74, 6) is 0.119. The lowest BCUT2D eigenvalue weighted by Crippen LogP contribution is -2.37. The minimum atomic E-state index is -0.338. The Kier molecular flexibility index (Phi) is 9.91. The number of piperidine rings is 1. The molecule has 1 aliphatic rings. The fourth-order valence-electron chi connectivity index (χ4n) is 4.01. The highest BCUT2D eigenvalue weighted by atomic mass is 16.2. The Morgan fingerprint density at radius 1 is 1.28 bits per heavy atom. The van der Waals surface area contributed by atoms with Crippen LogP contribution in [0.2, 0.25) is 0 Å². The van der Waals surface area contributed by atoms with E-state index in [1.54, 1.807) is 43.3 Å². The molecule has 8 nitrogen and oxygen atoms in total. The van der Waals surface area contributed by atoms with Crippen LogP contribution >= 0.6 is 0 Å². The molecule has 3 amide bonds. The Bertz CT molecular complexity index is 818. The van der Waals surface area contributed by atoms with Gasteiger partial charge in [0.1, 0.15) is 0 Å². The third-order valence-corrected chi connectivity index (χ3v) is 6.14. The first-order valence-electron chi connectivity index (χ1n) is 11.1. The number of rotatable bonds is 12. The highest BCUT2D eigenvalue weighted by molar-refractivity contribution is 6.06. The lowest BCUT2D eigenvalue weighted by atomic mass is 9.93. The summed E-state index contributed by atoms with van der Waals surface area (Å²) in [5.41, 5.74) is 1.26. The summed E-state index contributed by atoms with van der Waals surface area (Å²) in [5, 5.41) is 5.91. The van der Waals surface area contributed by atoms with E-state index in [2.05, 4.69) is 17.2 Å². The largest absolute Gasteiger partial charge is 0.384 e. The van der Waals surface area contributed by atoms with Gasteiger partial charge in [0.25, 0.3) is 5.91 Å². The number of nitrogens with one attached hydrogen (secondary N) is 2. The van der Waals surface area contributed by atoms with Gasteiger partial charge in [-0.05, 0) is 37.7 Å². The standard InChI is InChI=1S/C24H34N4O4/c1-4-20(8-9-22(31)25-2)27(3)24(32)23-19(16-29)6-5-7-21(23)26-13-10-18-11-14-28(17-30)15-12-18/h4-7,16-18,20,26H,1,8-15H2,2-3H3,(H,25,31). The zero-order chi connectivity index (χ0) is 23.5. The van der Waals surface area contributed by atoms with Crippen molar-refractivity contribution in [3.05, 3.63) is 42.0 Å². The minimum Gasteiger partial charge on any atom is -0.384 e. The van der Waals surface area contributed by atoms with Crippen LogP contribution in [-0.4, -0.2) is 74.1 Å². The molecular weight excluding hydrogens is 408 g/mol. The summed E-state index contributed by atoms with van der Waals surface area (Å²) < 4.78 is 0. The molecule has 174 valence electrons. The Balaban J connectivity index is 2.08. The van der Waals surface area contributed by atoms with E-state index in [0.29, 0.717) is 42.0 Å². The van der Waals surface area contributed by atoms with Crippen molar-refractivity contribution in [3.8, 4) is 0 Å². The molecule has 0 aromatic heterocycles. The number of amides is 3. The molecule has 2 rings (SSSR count). The SMILES string of the molecule is C=CC(CCC(=O)NC)N(C)C(=O)c1c(C=O)cccc1NCCC1CCN(C=O)CC1. The molecule has 1 atom stereocenters. The van der Waals surface area contributed by atoms with E-state index < -0.39 is 0 Å². The summed E-state index contributed by atoms with van der Waals surface area (Å²) in [6.45, 7) is 6.03. The number of carbonyl (C=O) groups excluding carboxylic acids is 4. The van der Waals surface area contributed by atoms with Crippen LogP contribution < -0.4 is 10.6 Å². The van der Waals surface area contributed by atoms with Crippen molar-refractivity contribution < 1.29 is 19.2 Å². The zero-order valence-corrected chi connectivity index (χ0v) is 19.0. The molecule has 1 heterocycles. The molecule has 0 bridgehead atoms. The minimum absolute atomic E-state index is 0.104. The lowest BCUT2D eigenvalue weighted by Gasteiger charge is -2.29. The van der Waals surface area contributed by atoms with Crippen molar-refractivity contribution in [2.45, 2.75) is 38.1 Å². The summed E-state index contributed by atoms with van der Waals surface area (Å²) in [7, 11) is 3.23. The zero-order valence-electron chi connectivity index (χ0n) is 19.0. The molecule has 0 spiro atoms. The van der Waals surface area contributed by atoms with Gasteiger partial charge >= 0.3 is 0 Å². The first-order valence-corrected chi connectivity index (χ1v) is 11.1. The van der Waals surface area contributed by atoms with Crippen LogP contribution in [0.1, 0.15) is 52.8 Å². The second kappa shape index (κ2) is 12.6. The van der Waals surface area contributed by atoms with Crippen LogP contribution in [-0.2, 0) is 9.59 Å². The molecule has 1 aromatic rings. The van der Waals surface area contributed by atoms with Crippen LogP contribution in [0.15, 0.2) is 30.9 Å². The van der Waals surface area contributed by atoms with E-state index in [-0.39, 0.29) is 24.3 Å². The molecule has 0 saturated carbocycles. The van der Waals surface area contributed by atoms with Crippen LogP contribution in [0.25, 0.3) is 0 Å². The van der Waals surface area contributed by atoms with Crippen LogP contribution in [0, 0.1) is 5.92 Å². The smallest absolute Gasteiger partial charge is 0.256 e. The van der Waals surface area contributed by atoms with E-state index in [1.807, 2.05) is 0 Å². The number of anilines is 1. The Morgan fingerprint density at radius 2 is 2.00 bits per heavy atom. The number of likely N-dealkylation sites (tertiary alicyclic amines) is 1. The average molecular weight is 443 g/mol. The van der Waals surface area contributed by atoms with Gasteiger partial charge < -0.3 is 20.4 Å². The van der Waals surface area contributed by atoms with Crippen molar-refractivity contribution in [2.24, 2.45) is 5.92 Å². The highest BCUT2D eigenvalue weighted by Crippen LogP contribution is 2.24. The molecule has 1 fully saturated rings. The number of aldehydes is 1. The first kappa shape index (κ1) is 25.1. The van der Waals surface area contributed by atoms with Crippen LogP contribution in [0.5, 0.6) is 0 Å². The maximum Gasteiger partial charge on any atom is 0.256 e. The van der Waals surface area contributed by atoms with E-state index in [0.717, 1.165) is 38.8 Å². The lowest BCUT2D eigenvalue weighted by molar-refractivity contribution is -0.121. The normalized spacial score (nSPS) is 14.9. The van der Waals surface area contributed by atoms with E-state index >= 15 is 0 Å². The fraction of sp³-hybridized carbons (Fsp3) is 0.500. The van der Waals surface area contributed by atoms with Gasteiger partial charge in [0, 0.05) is 51.4 Å². The maximum absolute atomic E-state index is 13.3. The van der Waals surface area contributed by atoms with Gasteiger partial charge in [0.15, 0.2) is 6.29 Å². The summed E-state index contributed by atoms with van der Waals surface area (Å²) in [6, 6.07) is 4.84. The van der Waals surface area contributed by atoms with Crippen LogP contribution in [0.4, 0.5) is 5.69 Å². The number of nitrogens with zero attached hydrogens (tertiary/aromatic N) is 2. The van der Waals surface area contributed by atoms with E-state index in [9.17, 15) is 19.2 Å². The molecule has 32 heavy (non-hydrogen) atoms. The Morgan fingerprint density at radius 3 is 2.59 bits per heavy atom. The molecule has 1 unspecified atom stereocenters. The molecular formula is C24H34N4O4. The number of likely N-dealkylation sites (N-methyl/N-ethyl adjacent to an activating group) is 1. The Labute approximate surface area is 190 Å². The van der Waals surface area contributed by atoms with Crippen molar-refractivity contribution in [3.63, 3.8) is 0 Å². The number of carbonyl (C=O) groups is 4. The number of benzene rings is 1. The van der Waals surface area contributed by atoms with Gasteiger partial charge in [-0.1, -0.05) is 18.2 Å². The maximum atomic E-state index is 13.3. The topological polar surface area (TPSA) is 98.8 Å². The predicted molar refractivity (Wildman–Crippen MR) is 125 cm³/mol.